The van der Waals surface area contributed by atoms with Gasteiger partial charge in [-0.25, -0.2) is 4.79 Å². The largest absolute Gasteiger partial charge is 0.482 e. The maximum absolute atomic E-state index is 12.9. The van der Waals surface area contributed by atoms with Crippen LogP contribution < -0.4 is 4.74 Å². The molecule has 1 amide bonds. The third kappa shape index (κ3) is 6.22. The fourth-order valence-electron chi connectivity index (χ4n) is 5.40. The molecule has 1 saturated heterocycles. The van der Waals surface area contributed by atoms with Crippen molar-refractivity contribution in [3.05, 3.63) is 77.9 Å². The second-order valence-electron chi connectivity index (χ2n) is 9.93. The Morgan fingerprint density at radius 2 is 1.76 bits per heavy atom. The molecule has 37 heavy (non-hydrogen) atoms. The lowest BCUT2D eigenvalue weighted by Crippen LogP contribution is -2.62. The molecule has 0 aliphatic carbocycles. The molecule has 1 heterocycles. The van der Waals surface area contributed by atoms with Crippen LogP contribution >= 0.6 is 0 Å². The van der Waals surface area contributed by atoms with E-state index in [0.29, 0.717) is 30.4 Å². The zero-order valence-corrected chi connectivity index (χ0v) is 22.8. The van der Waals surface area contributed by atoms with Gasteiger partial charge in [-0.3, -0.25) is 14.6 Å². The van der Waals surface area contributed by atoms with Crippen LogP contribution in [0.25, 0.3) is 0 Å². The van der Waals surface area contributed by atoms with Crippen LogP contribution in [0.2, 0.25) is 0 Å². The van der Waals surface area contributed by atoms with Crippen molar-refractivity contribution in [2.75, 3.05) is 39.3 Å². The Bertz CT molecular complexity index is 1080. The lowest BCUT2D eigenvalue weighted by atomic mass is 9.80. The molecule has 0 radical (unpaired) electrons. The summed E-state index contributed by atoms with van der Waals surface area (Å²) in [6, 6.07) is 16.2. The number of hydrogen-bond acceptors (Lipinski definition) is 5. The van der Waals surface area contributed by atoms with Crippen LogP contribution in [0.3, 0.4) is 0 Å². The summed E-state index contributed by atoms with van der Waals surface area (Å²) in [4.78, 5) is 30.8. The summed E-state index contributed by atoms with van der Waals surface area (Å²) in [5, 5.41) is 9.09. The number of rotatable bonds is 11. The number of carboxylic acids is 1. The van der Waals surface area contributed by atoms with E-state index in [0.717, 1.165) is 30.8 Å². The molecule has 3 rings (SSSR count). The van der Waals surface area contributed by atoms with Crippen LogP contribution in [-0.4, -0.2) is 83.1 Å². The fraction of sp³-hybridized carbons (Fsp3) is 0.467. The number of aliphatic carboxylic acids is 1. The molecule has 7 heteroatoms. The molecule has 0 unspecified atom stereocenters. The lowest BCUT2D eigenvalue weighted by molar-refractivity contribution is -0.139. The molecular weight excluding hydrogens is 466 g/mol. The average Bonchev–Trinajstić information content (AvgIpc) is 2.90. The van der Waals surface area contributed by atoms with E-state index in [4.69, 9.17) is 9.84 Å². The van der Waals surface area contributed by atoms with Crippen molar-refractivity contribution < 1.29 is 19.4 Å². The third-order valence-corrected chi connectivity index (χ3v) is 7.56. The number of carbonyl (C=O) groups excluding carboxylic acids is 1. The lowest BCUT2D eigenvalue weighted by Gasteiger charge is -2.52. The van der Waals surface area contributed by atoms with Crippen molar-refractivity contribution in [3.63, 3.8) is 0 Å². The minimum atomic E-state index is -1.01. The average molecular weight is 508 g/mol. The first-order valence-corrected chi connectivity index (χ1v) is 13.1. The van der Waals surface area contributed by atoms with Gasteiger partial charge in [-0.2, -0.15) is 0 Å². The number of carboxylic acid groups (broad SMARTS) is 1. The molecule has 0 aromatic heterocycles. The van der Waals surface area contributed by atoms with Gasteiger partial charge in [0.2, 0.25) is 0 Å². The standard InChI is InChI=1S/C30H41N3O4/c1-7-17-32-19-23(5)33(20-22(32)4)30(6,26-11-10-12-27(18-26)37-21-28(34)35)25-15-13-24(14-16-25)29(36)31(8-2)9-3/h7,10-16,18,22-23H,1,8-9,17,19-21H2,2-6H3,(H,34,35)/t22-,23+,30+/m1/s1. The smallest absolute Gasteiger partial charge is 0.341 e. The SMILES string of the molecule is C=CCN1C[C@H](C)N([C@@](C)(c2ccc(C(=O)N(CC)CC)cc2)c2cccc(OCC(=O)O)c2)C[C@H]1C. The predicted octanol–water partition coefficient (Wildman–Crippen LogP) is 4.48. The second kappa shape index (κ2) is 12.4. The number of hydrogen-bond donors (Lipinski definition) is 1. The summed E-state index contributed by atoms with van der Waals surface area (Å²) in [6.07, 6.45) is 1.95. The number of benzene rings is 2. The summed E-state index contributed by atoms with van der Waals surface area (Å²) in [5.41, 5.74) is 2.21. The normalized spacial score (nSPS) is 20.1. The van der Waals surface area contributed by atoms with E-state index in [1.54, 1.807) is 6.07 Å². The highest BCUT2D eigenvalue weighted by molar-refractivity contribution is 5.94. The highest BCUT2D eigenvalue weighted by atomic mass is 16.5. The van der Waals surface area contributed by atoms with Gasteiger partial charge in [0, 0.05) is 50.4 Å². The molecule has 3 atom stereocenters. The molecule has 0 saturated carbocycles. The molecule has 1 aliphatic heterocycles. The van der Waals surface area contributed by atoms with Gasteiger partial charge in [0.25, 0.3) is 5.91 Å². The van der Waals surface area contributed by atoms with Crippen LogP contribution in [-0.2, 0) is 10.3 Å². The van der Waals surface area contributed by atoms with E-state index < -0.39 is 18.1 Å². The molecule has 1 fully saturated rings. The maximum Gasteiger partial charge on any atom is 0.341 e. The van der Waals surface area contributed by atoms with Gasteiger partial charge in [-0.05, 0) is 70.0 Å². The zero-order chi connectivity index (χ0) is 27.2. The topological polar surface area (TPSA) is 73.3 Å². The summed E-state index contributed by atoms with van der Waals surface area (Å²) < 4.78 is 5.54. The molecule has 1 aliphatic rings. The molecule has 2 aromatic carbocycles. The molecule has 0 spiro atoms. The number of amides is 1. The molecule has 7 nitrogen and oxygen atoms in total. The van der Waals surface area contributed by atoms with Gasteiger partial charge in [-0.1, -0.05) is 30.3 Å². The van der Waals surface area contributed by atoms with Gasteiger partial charge in [-0.15, -0.1) is 6.58 Å². The minimum absolute atomic E-state index is 0.0300. The monoisotopic (exact) mass is 507 g/mol. The zero-order valence-electron chi connectivity index (χ0n) is 22.8. The molecule has 2 aromatic rings. The van der Waals surface area contributed by atoms with Crippen molar-refractivity contribution in [3.8, 4) is 5.75 Å². The summed E-state index contributed by atoms with van der Waals surface area (Å²) in [7, 11) is 0. The van der Waals surface area contributed by atoms with E-state index in [9.17, 15) is 9.59 Å². The Labute approximate surface area is 221 Å². The first-order chi connectivity index (χ1) is 17.6. The van der Waals surface area contributed by atoms with E-state index in [-0.39, 0.29) is 11.9 Å². The van der Waals surface area contributed by atoms with E-state index in [1.807, 2.05) is 49.1 Å². The number of piperazine rings is 1. The number of carbonyl (C=O) groups is 2. The molecular formula is C30H41N3O4. The highest BCUT2D eigenvalue weighted by Gasteiger charge is 2.42. The van der Waals surface area contributed by atoms with Crippen molar-refractivity contribution in [2.24, 2.45) is 0 Å². The van der Waals surface area contributed by atoms with Crippen molar-refractivity contribution in [1.29, 1.82) is 0 Å². The molecule has 0 bridgehead atoms. The maximum atomic E-state index is 12.9. The first-order valence-electron chi connectivity index (χ1n) is 13.1. The minimum Gasteiger partial charge on any atom is -0.482 e. The molecule has 200 valence electrons. The van der Waals surface area contributed by atoms with Crippen molar-refractivity contribution in [1.82, 2.24) is 14.7 Å². The second-order valence-corrected chi connectivity index (χ2v) is 9.93. The Balaban J connectivity index is 2.06. The summed E-state index contributed by atoms with van der Waals surface area (Å²) >= 11 is 0. The highest BCUT2D eigenvalue weighted by Crippen LogP contribution is 2.40. The van der Waals surface area contributed by atoms with Gasteiger partial charge >= 0.3 is 5.97 Å². The Morgan fingerprint density at radius 1 is 1.08 bits per heavy atom. The van der Waals surface area contributed by atoms with Gasteiger partial charge in [0.1, 0.15) is 5.75 Å². The third-order valence-electron chi connectivity index (χ3n) is 7.56. The van der Waals surface area contributed by atoms with Gasteiger partial charge in [0.05, 0.1) is 5.54 Å². The fourth-order valence-corrected chi connectivity index (χ4v) is 5.40. The van der Waals surface area contributed by atoms with E-state index in [1.165, 1.54) is 0 Å². The first kappa shape index (κ1) is 28.4. The van der Waals surface area contributed by atoms with Gasteiger partial charge < -0.3 is 14.7 Å². The van der Waals surface area contributed by atoms with Crippen LogP contribution in [0, 0.1) is 0 Å². The van der Waals surface area contributed by atoms with Crippen LogP contribution in [0.5, 0.6) is 5.75 Å². The van der Waals surface area contributed by atoms with Crippen molar-refractivity contribution in [2.45, 2.75) is 52.2 Å². The number of ether oxygens (including phenoxy) is 1. The van der Waals surface area contributed by atoms with Crippen LogP contribution in [0.15, 0.2) is 61.2 Å². The molecule has 1 N–H and O–H groups in total. The number of nitrogens with zero attached hydrogens (tertiary/aromatic N) is 3. The summed E-state index contributed by atoms with van der Waals surface area (Å²) in [5.74, 6) is -0.463. The van der Waals surface area contributed by atoms with Crippen molar-refractivity contribution >= 4 is 11.9 Å². The predicted molar refractivity (Wildman–Crippen MR) is 147 cm³/mol. The van der Waals surface area contributed by atoms with Gasteiger partial charge in [0.15, 0.2) is 6.61 Å². The Morgan fingerprint density at radius 3 is 2.35 bits per heavy atom. The van der Waals surface area contributed by atoms with E-state index in [2.05, 4.69) is 55.3 Å². The quantitative estimate of drug-likeness (QED) is 0.452. The Kier molecular flexibility index (Phi) is 9.51. The van der Waals surface area contributed by atoms with E-state index >= 15 is 0 Å². The summed E-state index contributed by atoms with van der Waals surface area (Å²) in [6.45, 7) is 18.1. The van der Waals surface area contributed by atoms with Crippen LogP contribution in [0.4, 0.5) is 0 Å². The Hall–Kier alpha value is -3.16. The van der Waals surface area contributed by atoms with Crippen LogP contribution in [0.1, 0.15) is 56.1 Å².